The van der Waals surface area contributed by atoms with Crippen molar-refractivity contribution in [1.82, 2.24) is 4.72 Å². The summed E-state index contributed by atoms with van der Waals surface area (Å²) in [5.41, 5.74) is 1.03. The molecular weight excluding hydrogens is 250 g/mol. The van der Waals surface area contributed by atoms with E-state index in [1.165, 1.54) is 0 Å². The van der Waals surface area contributed by atoms with E-state index in [0.29, 0.717) is 19.6 Å². The molecule has 0 unspecified atom stereocenters. The van der Waals surface area contributed by atoms with Crippen molar-refractivity contribution in [3.05, 3.63) is 35.9 Å². The smallest absolute Gasteiger partial charge is 0.211 e. The zero-order chi connectivity index (χ0) is 13.4. The Morgan fingerprint density at radius 2 is 1.89 bits per heavy atom. The zero-order valence-electron chi connectivity index (χ0n) is 10.9. The Morgan fingerprint density at radius 1 is 1.22 bits per heavy atom. The Bertz CT molecular complexity index is 429. The molecule has 0 aliphatic rings. The second-order valence-electron chi connectivity index (χ2n) is 4.37. The molecule has 1 rings (SSSR count). The van der Waals surface area contributed by atoms with Gasteiger partial charge in [0.2, 0.25) is 10.0 Å². The van der Waals surface area contributed by atoms with E-state index >= 15 is 0 Å². The van der Waals surface area contributed by atoms with E-state index in [1.807, 2.05) is 44.2 Å². The number of ether oxygens (including phenoxy) is 1. The fourth-order valence-corrected chi connectivity index (χ4v) is 2.50. The number of sulfonamides is 1. The Morgan fingerprint density at radius 3 is 2.50 bits per heavy atom. The van der Waals surface area contributed by atoms with Crippen molar-refractivity contribution < 1.29 is 13.2 Å². The molecule has 0 aliphatic heterocycles. The van der Waals surface area contributed by atoms with E-state index in [2.05, 4.69) is 4.72 Å². The van der Waals surface area contributed by atoms with Crippen molar-refractivity contribution >= 4 is 10.0 Å². The standard InChI is InChI=1S/C13H21NO3S/c1-12(2)17-10-9-14-18(15,16)11-8-13-6-4-3-5-7-13/h3-7,12,14H,8-11H2,1-2H3. The molecule has 102 valence electrons. The van der Waals surface area contributed by atoms with Gasteiger partial charge in [0.15, 0.2) is 0 Å². The molecule has 0 aromatic heterocycles. The lowest BCUT2D eigenvalue weighted by Crippen LogP contribution is -2.30. The predicted octanol–water partition coefficient (Wildman–Crippen LogP) is 1.57. The van der Waals surface area contributed by atoms with Crippen molar-refractivity contribution in [2.24, 2.45) is 0 Å². The Labute approximate surface area is 109 Å². The van der Waals surface area contributed by atoms with E-state index < -0.39 is 10.0 Å². The second-order valence-corrected chi connectivity index (χ2v) is 6.29. The fourth-order valence-electron chi connectivity index (χ4n) is 1.46. The third-order valence-corrected chi connectivity index (χ3v) is 3.76. The van der Waals surface area contributed by atoms with Gasteiger partial charge in [-0.25, -0.2) is 13.1 Å². The molecule has 1 N–H and O–H groups in total. The maximum absolute atomic E-state index is 11.7. The monoisotopic (exact) mass is 271 g/mol. The third kappa shape index (κ3) is 6.74. The van der Waals surface area contributed by atoms with Gasteiger partial charge in [-0.3, -0.25) is 0 Å². The van der Waals surface area contributed by atoms with E-state index in [0.717, 1.165) is 5.56 Å². The van der Waals surface area contributed by atoms with Crippen LogP contribution in [-0.2, 0) is 21.2 Å². The summed E-state index contributed by atoms with van der Waals surface area (Å²) in [6.45, 7) is 4.57. The molecule has 0 saturated heterocycles. The molecule has 18 heavy (non-hydrogen) atoms. The first kappa shape index (κ1) is 15.1. The first-order valence-electron chi connectivity index (χ1n) is 6.12. The lowest BCUT2D eigenvalue weighted by atomic mass is 10.2. The molecule has 0 amide bonds. The molecule has 0 heterocycles. The van der Waals surface area contributed by atoms with Crippen molar-refractivity contribution in [3.63, 3.8) is 0 Å². The number of nitrogens with one attached hydrogen (secondary N) is 1. The van der Waals surface area contributed by atoms with E-state index in [9.17, 15) is 8.42 Å². The molecule has 1 aromatic rings. The first-order chi connectivity index (χ1) is 8.49. The number of hydrogen-bond acceptors (Lipinski definition) is 3. The summed E-state index contributed by atoms with van der Waals surface area (Å²) in [5.74, 6) is 0.110. The van der Waals surface area contributed by atoms with Gasteiger partial charge in [-0.2, -0.15) is 0 Å². The summed E-state index contributed by atoms with van der Waals surface area (Å²) >= 11 is 0. The largest absolute Gasteiger partial charge is 0.377 e. The molecule has 4 nitrogen and oxygen atoms in total. The molecule has 0 atom stereocenters. The van der Waals surface area contributed by atoms with Gasteiger partial charge < -0.3 is 4.74 Å². The van der Waals surface area contributed by atoms with Crippen molar-refractivity contribution in [1.29, 1.82) is 0 Å². The fraction of sp³-hybridized carbons (Fsp3) is 0.538. The highest BCUT2D eigenvalue weighted by molar-refractivity contribution is 7.89. The van der Waals surface area contributed by atoms with E-state index in [4.69, 9.17) is 4.74 Å². The van der Waals surface area contributed by atoms with Crippen molar-refractivity contribution in [2.75, 3.05) is 18.9 Å². The highest BCUT2D eigenvalue weighted by Gasteiger charge is 2.09. The van der Waals surface area contributed by atoms with Crippen LogP contribution in [0.15, 0.2) is 30.3 Å². The van der Waals surface area contributed by atoms with Crippen LogP contribution >= 0.6 is 0 Å². The minimum Gasteiger partial charge on any atom is -0.377 e. The lowest BCUT2D eigenvalue weighted by molar-refractivity contribution is 0.0834. The first-order valence-corrected chi connectivity index (χ1v) is 7.78. The van der Waals surface area contributed by atoms with Gasteiger partial charge in [0.1, 0.15) is 0 Å². The Balaban J connectivity index is 2.28. The molecule has 5 heteroatoms. The number of benzene rings is 1. The SMILES string of the molecule is CC(C)OCCNS(=O)(=O)CCc1ccccc1. The van der Waals surface area contributed by atoms with Crippen LogP contribution < -0.4 is 4.72 Å². The van der Waals surface area contributed by atoms with Crippen LogP contribution in [-0.4, -0.2) is 33.4 Å². The van der Waals surface area contributed by atoms with E-state index in [-0.39, 0.29) is 11.9 Å². The summed E-state index contributed by atoms with van der Waals surface area (Å²) in [6, 6.07) is 9.59. The average Bonchev–Trinajstić information content (AvgIpc) is 2.34. The molecule has 0 aliphatic carbocycles. The predicted molar refractivity (Wildman–Crippen MR) is 73.0 cm³/mol. The molecule has 1 aromatic carbocycles. The second kappa shape index (κ2) is 7.51. The quantitative estimate of drug-likeness (QED) is 0.730. The highest BCUT2D eigenvalue weighted by atomic mass is 32.2. The normalized spacial score (nSPS) is 11.9. The maximum Gasteiger partial charge on any atom is 0.211 e. The number of rotatable bonds is 8. The molecule has 0 saturated carbocycles. The molecule has 0 fully saturated rings. The topological polar surface area (TPSA) is 55.4 Å². The summed E-state index contributed by atoms with van der Waals surface area (Å²) in [5, 5.41) is 0. The minimum atomic E-state index is -3.21. The van der Waals surface area contributed by atoms with E-state index in [1.54, 1.807) is 0 Å². The Kier molecular flexibility index (Phi) is 6.32. The van der Waals surface area contributed by atoms with Crippen LogP contribution in [0.3, 0.4) is 0 Å². The van der Waals surface area contributed by atoms with Gasteiger partial charge in [-0.1, -0.05) is 30.3 Å². The highest BCUT2D eigenvalue weighted by Crippen LogP contribution is 2.01. The molecular formula is C13H21NO3S. The number of hydrogen-bond donors (Lipinski definition) is 1. The van der Waals surface area contributed by atoms with Gasteiger partial charge in [-0.05, 0) is 25.8 Å². The minimum absolute atomic E-state index is 0.110. The number of aryl methyl sites for hydroxylation is 1. The van der Waals surface area contributed by atoms with Crippen molar-refractivity contribution in [3.8, 4) is 0 Å². The summed E-state index contributed by atoms with van der Waals surface area (Å²) in [6.07, 6.45) is 0.653. The molecule has 0 bridgehead atoms. The van der Waals surface area contributed by atoms with Gasteiger partial charge >= 0.3 is 0 Å². The summed E-state index contributed by atoms with van der Waals surface area (Å²) in [7, 11) is -3.21. The van der Waals surface area contributed by atoms with Gasteiger partial charge in [-0.15, -0.1) is 0 Å². The Hall–Kier alpha value is -0.910. The summed E-state index contributed by atoms with van der Waals surface area (Å²) in [4.78, 5) is 0. The van der Waals surface area contributed by atoms with Crippen LogP contribution in [0.1, 0.15) is 19.4 Å². The average molecular weight is 271 g/mol. The van der Waals surface area contributed by atoms with Crippen LogP contribution in [0.2, 0.25) is 0 Å². The molecule has 0 spiro atoms. The molecule has 0 radical (unpaired) electrons. The van der Waals surface area contributed by atoms with Gasteiger partial charge in [0, 0.05) is 6.54 Å². The lowest BCUT2D eigenvalue weighted by Gasteiger charge is -2.09. The third-order valence-electron chi connectivity index (χ3n) is 2.38. The maximum atomic E-state index is 11.7. The van der Waals surface area contributed by atoms with Crippen LogP contribution in [0.4, 0.5) is 0 Å². The zero-order valence-corrected chi connectivity index (χ0v) is 11.7. The van der Waals surface area contributed by atoms with Gasteiger partial charge in [0.25, 0.3) is 0 Å². The summed E-state index contributed by atoms with van der Waals surface area (Å²) < 4.78 is 31.2. The van der Waals surface area contributed by atoms with Gasteiger partial charge in [0.05, 0.1) is 18.5 Å². The van der Waals surface area contributed by atoms with Crippen LogP contribution in [0, 0.1) is 0 Å². The van der Waals surface area contributed by atoms with Crippen LogP contribution in [0.25, 0.3) is 0 Å². The van der Waals surface area contributed by atoms with Crippen molar-refractivity contribution in [2.45, 2.75) is 26.4 Å². The van der Waals surface area contributed by atoms with Crippen LogP contribution in [0.5, 0.6) is 0 Å².